The molecule has 0 amide bonds. The Hall–Kier alpha value is -2.00. The lowest BCUT2D eigenvalue weighted by Gasteiger charge is -2.14. The largest absolute Gasteiger partial charge is 0.492 e. The van der Waals surface area contributed by atoms with Gasteiger partial charge in [-0.15, -0.1) is 0 Å². The number of carbonyl (C=O) groups is 1. The highest BCUT2D eigenvalue weighted by Gasteiger charge is 2.20. The van der Waals surface area contributed by atoms with Gasteiger partial charge in [0.25, 0.3) is 0 Å². The van der Waals surface area contributed by atoms with E-state index in [1.807, 2.05) is 31.2 Å². The second-order valence-corrected chi connectivity index (χ2v) is 5.00. The Morgan fingerprint density at radius 3 is 2.30 bits per heavy atom. The highest BCUT2D eigenvalue weighted by molar-refractivity contribution is 6.30. The zero-order chi connectivity index (χ0) is 14.5. The number of ether oxygens (including phenoxy) is 1. The van der Waals surface area contributed by atoms with Gasteiger partial charge < -0.3 is 9.84 Å². The monoisotopic (exact) mass is 290 g/mol. The quantitative estimate of drug-likeness (QED) is 0.908. The lowest BCUT2D eigenvalue weighted by atomic mass is 10.0. The van der Waals surface area contributed by atoms with E-state index in [4.69, 9.17) is 16.3 Å². The van der Waals surface area contributed by atoms with Gasteiger partial charge in [0.05, 0.1) is 0 Å². The Kier molecular flexibility index (Phi) is 4.64. The van der Waals surface area contributed by atoms with Gasteiger partial charge in [-0.05, 0) is 36.8 Å². The Morgan fingerprint density at radius 2 is 1.75 bits per heavy atom. The van der Waals surface area contributed by atoms with Crippen molar-refractivity contribution in [1.29, 1.82) is 0 Å². The minimum Gasteiger partial charge on any atom is -0.492 e. The molecule has 0 bridgehead atoms. The fourth-order valence-corrected chi connectivity index (χ4v) is 1.95. The predicted octanol–water partition coefficient (Wildman–Crippen LogP) is 3.90. The minimum absolute atomic E-state index is 0.0834. The first-order valence-corrected chi connectivity index (χ1v) is 6.62. The van der Waals surface area contributed by atoms with E-state index in [-0.39, 0.29) is 6.61 Å². The fourth-order valence-electron chi connectivity index (χ4n) is 1.82. The van der Waals surface area contributed by atoms with Gasteiger partial charge in [0.15, 0.2) is 0 Å². The summed E-state index contributed by atoms with van der Waals surface area (Å²) in [6.45, 7) is 2.07. The first kappa shape index (κ1) is 14.4. The molecule has 0 heterocycles. The number of aliphatic carboxylic acids is 1. The first-order valence-electron chi connectivity index (χ1n) is 6.24. The van der Waals surface area contributed by atoms with Crippen LogP contribution >= 0.6 is 11.6 Å². The average Bonchev–Trinajstić information content (AvgIpc) is 2.43. The van der Waals surface area contributed by atoms with Crippen molar-refractivity contribution in [3.8, 4) is 5.75 Å². The van der Waals surface area contributed by atoms with Crippen LogP contribution in [0.25, 0.3) is 0 Å². The molecule has 0 spiro atoms. The molecule has 2 aromatic carbocycles. The molecule has 2 rings (SSSR count). The maximum absolute atomic E-state index is 11.3. The molecule has 1 unspecified atom stereocenters. The van der Waals surface area contributed by atoms with E-state index < -0.39 is 11.9 Å². The van der Waals surface area contributed by atoms with Crippen LogP contribution in [0.15, 0.2) is 48.5 Å². The fraction of sp³-hybridized carbons (Fsp3) is 0.188. The van der Waals surface area contributed by atoms with Crippen LogP contribution in [-0.4, -0.2) is 17.7 Å². The molecule has 0 aliphatic heterocycles. The molecule has 0 aliphatic carbocycles. The molecular weight excluding hydrogens is 276 g/mol. The molecule has 20 heavy (non-hydrogen) atoms. The molecule has 0 aliphatic rings. The zero-order valence-corrected chi connectivity index (χ0v) is 11.8. The molecule has 104 valence electrons. The standard InChI is InChI=1S/C16H15ClO3/c1-11-2-8-14(9-3-11)20-10-15(16(18)19)12-4-6-13(17)7-5-12/h2-9,15H,10H2,1H3,(H,18,19). The van der Waals surface area contributed by atoms with Crippen molar-refractivity contribution in [3.05, 3.63) is 64.7 Å². The second kappa shape index (κ2) is 6.44. The predicted molar refractivity (Wildman–Crippen MR) is 78.5 cm³/mol. The number of hydrogen-bond acceptors (Lipinski definition) is 2. The molecule has 0 saturated carbocycles. The summed E-state index contributed by atoms with van der Waals surface area (Å²) in [6, 6.07) is 14.3. The molecule has 0 saturated heterocycles. The Labute approximate surface area is 122 Å². The van der Waals surface area contributed by atoms with E-state index in [0.29, 0.717) is 16.3 Å². The Bertz CT molecular complexity index is 576. The van der Waals surface area contributed by atoms with Gasteiger partial charge in [0.1, 0.15) is 18.3 Å². The molecule has 0 aromatic heterocycles. The van der Waals surface area contributed by atoms with E-state index in [1.165, 1.54) is 0 Å². The summed E-state index contributed by atoms with van der Waals surface area (Å²) in [7, 11) is 0. The van der Waals surface area contributed by atoms with Crippen molar-refractivity contribution in [2.45, 2.75) is 12.8 Å². The van der Waals surface area contributed by atoms with E-state index in [9.17, 15) is 9.90 Å². The smallest absolute Gasteiger partial charge is 0.314 e. The normalized spacial score (nSPS) is 11.9. The molecule has 1 atom stereocenters. The van der Waals surface area contributed by atoms with Gasteiger partial charge in [-0.1, -0.05) is 41.4 Å². The molecule has 3 nitrogen and oxygen atoms in total. The summed E-state index contributed by atoms with van der Waals surface area (Å²) in [6.07, 6.45) is 0. The molecule has 2 aromatic rings. The third kappa shape index (κ3) is 3.75. The number of aryl methyl sites for hydroxylation is 1. The number of carboxylic acid groups (broad SMARTS) is 1. The highest BCUT2D eigenvalue weighted by atomic mass is 35.5. The van der Waals surface area contributed by atoms with Crippen LogP contribution in [0.4, 0.5) is 0 Å². The topological polar surface area (TPSA) is 46.5 Å². The summed E-state index contributed by atoms with van der Waals surface area (Å²) in [5, 5.41) is 9.89. The van der Waals surface area contributed by atoms with E-state index in [1.54, 1.807) is 24.3 Å². The van der Waals surface area contributed by atoms with Crippen LogP contribution in [0, 0.1) is 6.92 Å². The number of benzene rings is 2. The van der Waals surface area contributed by atoms with E-state index in [0.717, 1.165) is 5.56 Å². The summed E-state index contributed by atoms with van der Waals surface area (Å²) in [4.78, 5) is 11.3. The van der Waals surface area contributed by atoms with Crippen LogP contribution in [0.2, 0.25) is 5.02 Å². The molecule has 4 heteroatoms. The van der Waals surface area contributed by atoms with Gasteiger partial charge >= 0.3 is 5.97 Å². The maximum atomic E-state index is 11.3. The van der Waals surface area contributed by atoms with Gasteiger partial charge in [-0.2, -0.15) is 0 Å². The van der Waals surface area contributed by atoms with Gasteiger partial charge in [-0.3, -0.25) is 4.79 Å². The van der Waals surface area contributed by atoms with Crippen LogP contribution in [0.1, 0.15) is 17.0 Å². The molecule has 1 N–H and O–H groups in total. The zero-order valence-electron chi connectivity index (χ0n) is 11.0. The number of rotatable bonds is 5. The third-order valence-corrected chi connectivity index (χ3v) is 3.26. The first-order chi connectivity index (χ1) is 9.56. The summed E-state index contributed by atoms with van der Waals surface area (Å²) in [5.74, 6) is -0.969. The van der Waals surface area contributed by atoms with Gasteiger partial charge in [0, 0.05) is 5.02 Å². The van der Waals surface area contributed by atoms with Crippen molar-refractivity contribution in [3.63, 3.8) is 0 Å². The summed E-state index contributed by atoms with van der Waals surface area (Å²) >= 11 is 5.81. The van der Waals surface area contributed by atoms with Crippen molar-refractivity contribution in [2.75, 3.05) is 6.61 Å². The van der Waals surface area contributed by atoms with Crippen molar-refractivity contribution in [2.24, 2.45) is 0 Å². The van der Waals surface area contributed by atoms with E-state index in [2.05, 4.69) is 0 Å². The van der Waals surface area contributed by atoms with Gasteiger partial charge in [-0.25, -0.2) is 0 Å². The van der Waals surface area contributed by atoms with Gasteiger partial charge in [0.2, 0.25) is 0 Å². The minimum atomic E-state index is -0.917. The molecular formula is C16H15ClO3. The SMILES string of the molecule is Cc1ccc(OCC(C(=O)O)c2ccc(Cl)cc2)cc1. The van der Waals surface area contributed by atoms with Crippen molar-refractivity contribution < 1.29 is 14.6 Å². The van der Waals surface area contributed by atoms with E-state index >= 15 is 0 Å². The third-order valence-electron chi connectivity index (χ3n) is 3.01. The summed E-state index contributed by atoms with van der Waals surface area (Å²) < 4.78 is 5.56. The highest BCUT2D eigenvalue weighted by Crippen LogP contribution is 2.21. The van der Waals surface area contributed by atoms with Crippen LogP contribution in [-0.2, 0) is 4.79 Å². The van der Waals surface area contributed by atoms with Crippen LogP contribution in [0.5, 0.6) is 5.75 Å². The summed E-state index contributed by atoms with van der Waals surface area (Å²) in [5.41, 5.74) is 1.80. The lowest BCUT2D eigenvalue weighted by molar-refractivity contribution is -0.139. The average molecular weight is 291 g/mol. The number of halogens is 1. The Balaban J connectivity index is 2.08. The Morgan fingerprint density at radius 1 is 1.15 bits per heavy atom. The van der Waals surface area contributed by atoms with Crippen molar-refractivity contribution in [1.82, 2.24) is 0 Å². The molecule has 0 radical (unpaired) electrons. The van der Waals surface area contributed by atoms with Crippen LogP contribution < -0.4 is 4.74 Å². The van der Waals surface area contributed by atoms with Crippen LogP contribution in [0.3, 0.4) is 0 Å². The van der Waals surface area contributed by atoms with Crippen molar-refractivity contribution >= 4 is 17.6 Å². The number of carboxylic acids is 1. The maximum Gasteiger partial charge on any atom is 0.314 e. The number of hydrogen-bond donors (Lipinski definition) is 1. The molecule has 0 fully saturated rings. The lowest BCUT2D eigenvalue weighted by Crippen LogP contribution is -2.19. The second-order valence-electron chi connectivity index (χ2n) is 4.57.